The minimum absolute atomic E-state index is 0.465. The van der Waals surface area contributed by atoms with E-state index in [1.165, 1.54) is 10.8 Å². The molecule has 94 valence electrons. The zero-order valence-electron chi connectivity index (χ0n) is 10.7. The smallest absolute Gasteiger partial charge is 0.140 e. The van der Waals surface area contributed by atoms with Crippen molar-refractivity contribution in [2.24, 2.45) is 0 Å². The van der Waals surface area contributed by atoms with Crippen molar-refractivity contribution in [2.45, 2.75) is 19.9 Å². The summed E-state index contributed by atoms with van der Waals surface area (Å²) in [5.74, 6) is 1.36. The highest BCUT2D eigenvalue weighted by Gasteiger charge is 2.20. The van der Waals surface area contributed by atoms with E-state index in [-0.39, 0.29) is 0 Å². The monoisotopic (exact) mass is 250 g/mol. The number of aromatic nitrogens is 2. The molecule has 1 aliphatic heterocycles. The lowest BCUT2D eigenvalue weighted by molar-refractivity contribution is 0.373. The average Bonchev–Trinajstić information content (AvgIpc) is 2.83. The van der Waals surface area contributed by atoms with E-state index in [0.717, 1.165) is 29.0 Å². The van der Waals surface area contributed by atoms with E-state index in [1.54, 1.807) is 0 Å². The SMILES string of the molecule is CC1=C(O)CCn2c1nc1c3ccccc3ccc12. The van der Waals surface area contributed by atoms with Gasteiger partial charge in [0.25, 0.3) is 0 Å². The van der Waals surface area contributed by atoms with Gasteiger partial charge >= 0.3 is 0 Å². The summed E-state index contributed by atoms with van der Waals surface area (Å²) in [4.78, 5) is 4.76. The Morgan fingerprint density at radius 2 is 2.00 bits per heavy atom. The van der Waals surface area contributed by atoms with E-state index in [4.69, 9.17) is 4.98 Å². The zero-order valence-corrected chi connectivity index (χ0v) is 10.7. The molecule has 4 rings (SSSR count). The molecule has 0 bridgehead atoms. The zero-order chi connectivity index (χ0) is 13.0. The fourth-order valence-corrected chi connectivity index (χ4v) is 2.91. The van der Waals surface area contributed by atoms with Gasteiger partial charge in [0, 0.05) is 23.9 Å². The number of hydrogen-bond donors (Lipinski definition) is 1. The molecule has 2 heterocycles. The number of allylic oxidation sites excluding steroid dienone is 2. The van der Waals surface area contributed by atoms with Crippen LogP contribution in [0.15, 0.2) is 42.2 Å². The van der Waals surface area contributed by atoms with Gasteiger partial charge < -0.3 is 9.67 Å². The maximum absolute atomic E-state index is 9.89. The Balaban J connectivity index is 2.16. The van der Waals surface area contributed by atoms with E-state index in [2.05, 4.69) is 28.8 Å². The molecule has 1 N–H and O–H groups in total. The summed E-state index contributed by atoms with van der Waals surface area (Å²) in [7, 11) is 0. The third-order valence-corrected chi connectivity index (χ3v) is 3.98. The summed E-state index contributed by atoms with van der Waals surface area (Å²) in [6, 6.07) is 12.6. The van der Waals surface area contributed by atoms with Crippen LogP contribution in [-0.2, 0) is 6.54 Å². The third kappa shape index (κ3) is 1.35. The average molecular weight is 250 g/mol. The molecule has 0 amide bonds. The molecule has 0 spiro atoms. The van der Waals surface area contributed by atoms with Crippen LogP contribution in [0.25, 0.3) is 27.4 Å². The van der Waals surface area contributed by atoms with Crippen LogP contribution >= 0.6 is 0 Å². The molecule has 0 radical (unpaired) electrons. The number of fused-ring (bicyclic) bond motifs is 5. The highest BCUT2D eigenvalue weighted by Crippen LogP contribution is 2.32. The van der Waals surface area contributed by atoms with Crippen LogP contribution in [-0.4, -0.2) is 14.7 Å². The number of benzene rings is 2. The van der Waals surface area contributed by atoms with E-state index in [9.17, 15) is 5.11 Å². The molecule has 0 aliphatic carbocycles. The van der Waals surface area contributed by atoms with E-state index in [0.29, 0.717) is 12.2 Å². The summed E-state index contributed by atoms with van der Waals surface area (Å²) in [6.45, 7) is 2.74. The second-order valence-electron chi connectivity index (χ2n) is 5.06. The summed E-state index contributed by atoms with van der Waals surface area (Å²) in [5, 5.41) is 12.3. The highest BCUT2D eigenvalue weighted by molar-refractivity contribution is 6.05. The summed E-state index contributed by atoms with van der Waals surface area (Å²) >= 11 is 0. The van der Waals surface area contributed by atoms with Gasteiger partial charge in [0.05, 0.1) is 11.0 Å². The van der Waals surface area contributed by atoms with Crippen molar-refractivity contribution in [3.8, 4) is 0 Å². The fourth-order valence-electron chi connectivity index (χ4n) is 2.91. The molecule has 1 aromatic heterocycles. The second kappa shape index (κ2) is 3.60. The molecule has 3 aromatic rings. The summed E-state index contributed by atoms with van der Waals surface area (Å²) in [6.07, 6.45) is 0.692. The summed E-state index contributed by atoms with van der Waals surface area (Å²) in [5.41, 5.74) is 3.08. The van der Waals surface area contributed by atoms with Crippen LogP contribution in [0.2, 0.25) is 0 Å². The van der Waals surface area contributed by atoms with Crippen LogP contribution in [0, 0.1) is 0 Å². The molecule has 19 heavy (non-hydrogen) atoms. The number of nitrogens with zero attached hydrogens (tertiary/aromatic N) is 2. The Hall–Kier alpha value is -2.29. The lowest BCUT2D eigenvalue weighted by Gasteiger charge is -2.16. The van der Waals surface area contributed by atoms with Crippen molar-refractivity contribution in [1.82, 2.24) is 9.55 Å². The molecule has 0 fully saturated rings. The van der Waals surface area contributed by atoms with Gasteiger partial charge in [0.15, 0.2) is 0 Å². The van der Waals surface area contributed by atoms with Crippen molar-refractivity contribution in [1.29, 1.82) is 0 Å². The van der Waals surface area contributed by atoms with Crippen molar-refractivity contribution in [2.75, 3.05) is 0 Å². The van der Waals surface area contributed by atoms with Gasteiger partial charge in [-0.05, 0) is 18.4 Å². The minimum atomic E-state index is 0.465. The van der Waals surface area contributed by atoms with Crippen molar-refractivity contribution < 1.29 is 5.11 Å². The van der Waals surface area contributed by atoms with Gasteiger partial charge in [0.2, 0.25) is 0 Å². The Labute approximate surface area is 110 Å². The van der Waals surface area contributed by atoms with Crippen LogP contribution in [0.5, 0.6) is 0 Å². The van der Waals surface area contributed by atoms with Crippen molar-refractivity contribution in [3.05, 3.63) is 48.0 Å². The molecular formula is C16H14N2O. The molecular weight excluding hydrogens is 236 g/mol. The van der Waals surface area contributed by atoms with E-state index in [1.807, 2.05) is 19.1 Å². The third-order valence-electron chi connectivity index (χ3n) is 3.98. The molecule has 0 unspecified atom stereocenters. The van der Waals surface area contributed by atoms with Crippen LogP contribution in [0.3, 0.4) is 0 Å². The van der Waals surface area contributed by atoms with E-state index >= 15 is 0 Å². The molecule has 0 saturated heterocycles. The van der Waals surface area contributed by atoms with Gasteiger partial charge in [-0.3, -0.25) is 0 Å². The molecule has 1 aliphatic rings. The molecule has 2 aromatic carbocycles. The highest BCUT2D eigenvalue weighted by atomic mass is 16.3. The largest absolute Gasteiger partial charge is 0.512 e. The number of hydrogen-bond acceptors (Lipinski definition) is 2. The standard InChI is InChI=1S/C16H14N2O/c1-10-14(19)8-9-18-13-7-6-11-4-2-3-5-12(11)15(13)17-16(10)18/h2-7,19H,8-9H2,1H3. The Morgan fingerprint density at radius 1 is 1.16 bits per heavy atom. The molecule has 3 heteroatoms. The lowest BCUT2D eigenvalue weighted by atomic mass is 10.1. The first-order valence-electron chi connectivity index (χ1n) is 6.53. The number of aliphatic hydroxyl groups is 1. The minimum Gasteiger partial charge on any atom is -0.512 e. The Morgan fingerprint density at radius 3 is 2.89 bits per heavy atom. The van der Waals surface area contributed by atoms with Gasteiger partial charge in [-0.2, -0.15) is 0 Å². The number of rotatable bonds is 0. The van der Waals surface area contributed by atoms with Crippen LogP contribution in [0.1, 0.15) is 19.2 Å². The topological polar surface area (TPSA) is 38.0 Å². The second-order valence-corrected chi connectivity index (χ2v) is 5.06. The maximum Gasteiger partial charge on any atom is 0.140 e. The predicted molar refractivity (Wildman–Crippen MR) is 77.1 cm³/mol. The van der Waals surface area contributed by atoms with Gasteiger partial charge in [-0.1, -0.05) is 30.3 Å². The molecule has 0 atom stereocenters. The first-order valence-corrected chi connectivity index (χ1v) is 6.53. The first-order chi connectivity index (χ1) is 9.25. The Bertz CT molecular complexity index is 842. The van der Waals surface area contributed by atoms with Crippen molar-refractivity contribution >= 4 is 27.4 Å². The van der Waals surface area contributed by atoms with Gasteiger partial charge in [-0.15, -0.1) is 0 Å². The maximum atomic E-state index is 9.89. The molecule has 0 saturated carbocycles. The fraction of sp³-hybridized carbons (Fsp3) is 0.188. The quantitative estimate of drug-likeness (QED) is 0.657. The van der Waals surface area contributed by atoms with Crippen LogP contribution < -0.4 is 0 Å². The number of imidazole rings is 1. The van der Waals surface area contributed by atoms with Gasteiger partial charge in [0.1, 0.15) is 11.6 Å². The molecule has 3 nitrogen and oxygen atoms in total. The van der Waals surface area contributed by atoms with E-state index < -0.39 is 0 Å². The summed E-state index contributed by atoms with van der Waals surface area (Å²) < 4.78 is 2.21. The normalized spacial score (nSPS) is 15.2. The first kappa shape index (κ1) is 10.6. The number of aryl methyl sites for hydroxylation is 1. The predicted octanol–water partition coefficient (Wildman–Crippen LogP) is 3.88. The van der Waals surface area contributed by atoms with Crippen molar-refractivity contribution in [3.63, 3.8) is 0 Å². The lowest BCUT2D eigenvalue weighted by Crippen LogP contribution is -2.10. The number of aliphatic hydroxyl groups excluding tert-OH is 1. The van der Waals surface area contributed by atoms with Crippen LogP contribution in [0.4, 0.5) is 0 Å². The van der Waals surface area contributed by atoms with Gasteiger partial charge in [-0.25, -0.2) is 4.98 Å². The Kier molecular flexibility index (Phi) is 2.01.